The van der Waals surface area contributed by atoms with Crippen LogP contribution in [-0.4, -0.2) is 28.9 Å². The summed E-state index contributed by atoms with van der Waals surface area (Å²) >= 11 is 7.33. The molecular formula is C19H17ClN4O3S. The number of anilines is 2. The summed E-state index contributed by atoms with van der Waals surface area (Å²) in [5.41, 5.74) is 2.30. The highest BCUT2D eigenvalue weighted by Gasteiger charge is 2.18. The normalized spacial score (nSPS) is 15.5. The summed E-state index contributed by atoms with van der Waals surface area (Å²) in [7, 11) is 0. The fourth-order valence-corrected chi connectivity index (χ4v) is 3.32. The van der Waals surface area contributed by atoms with Crippen molar-refractivity contribution >= 4 is 57.7 Å². The number of aliphatic imine (C=N–C) groups is 1. The van der Waals surface area contributed by atoms with Gasteiger partial charge in [-0.2, -0.15) is 0 Å². The predicted octanol–water partition coefficient (Wildman–Crippen LogP) is 3.40. The van der Waals surface area contributed by atoms with Gasteiger partial charge in [0.2, 0.25) is 11.8 Å². The molecule has 1 atom stereocenters. The molecule has 3 rings (SSSR count). The molecule has 0 saturated heterocycles. The van der Waals surface area contributed by atoms with Gasteiger partial charge in [-0.1, -0.05) is 23.7 Å². The molecule has 3 amide bonds. The molecule has 2 aromatic rings. The van der Waals surface area contributed by atoms with E-state index in [2.05, 4.69) is 20.6 Å². The first kappa shape index (κ1) is 19.9. The maximum absolute atomic E-state index is 12.1. The van der Waals surface area contributed by atoms with E-state index >= 15 is 0 Å². The molecule has 1 aromatic heterocycles. The third-order valence-electron chi connectivity index (χ3n) is 3.96. The molecule has 9 heteroatoms. The number of nitrogens with zero attached hydrogens (tertiary/aromatic N) is 2. The molecule has 0 fully saturated rings. The zero-order chi connectivity index (χ0) is 20.1. The molecule has 1 unspecified atom stereocenters. The fraction of sp³-hybridized carbons (Fsp3) is 0.211. The van der Waals surface area contributed by atoms with Crippen molar-refractivity contribution < 1.29 is 14.4 Å². The monoisotopic (exact) mass is 416 g/mol. The Morgan fingerprint density at radius 2 is 2.11 bits per heavy atom. The summed E-state index contributed by atoms with van der Waals surface area (Å²) in [6.45, 7) is 1.89. The van der Waals surface area contributed by atoms with Crippen LogP contribution >= 0.6 is 22.9 Å². The van der Waals surface area contributed by atoms with Gasteiger partial charge in [-0.05, 0) is 31.0 Å². The van der Waals surface area contributed by atoms with Gasteiger partial charge in [0.1, 0.15) is 0 Å². The van der Waals surface area contributed by atoms with Crippen molar-refractivity contribution in [1.29, 1.82) is 0 Å². The van der Waals surface area contributed by atoms with Crippen LogP contribution in [0, 0.1) is 12.8 Å². The van der Waals surface area contributed by atoms with Crippen molar-refractivity contribution in [2.75, 3.05) is 10.6 Å². The maximum Gasteiger partial charge on any atom is 0.269 e. The summed E-state index contributed by atoms with van der Waals surface area (Å²) in [5, 5.41) is 8.31. The van der Waals surface area contributed by atoms with Gasteiger partial charge in [0.15, 0.2) is 5.13 Å². The number of benzene rings is 1. The highest BCUT2D eigenvalue weighted by Crippen LogP contribution is 2.21. The van der Waals surface area contributed by atoms with Crippen LogP contribution in [0.15, 0.2) is 40.7 Å². The molecule has 0 spiro atoms. The van der Waals surface area contributed by atoms with E-state index in [0.29, 0.717) is 28.0 Å². The Hall–Kier alpha value is -2.84. The summed E-state index contributed by atoms with van der Waals surface area (Å²) in [6.07, 6.45) is 4.74. The molecule has 144 valence electrons. The third-order valence-corrected chi connectivity index (χ3v) is 5.17. The Bertz CT molecular complexity index is 967. The van der Waals surface area contributed by atoms with Crippen molar-refractivity contribution in [2.24, 2.45) is 10.9 Å². The van der Waals surface area contributed by atoms with Crippen molar-refractivity contribution in [3.05, 3.63) is 52.0 Å². The van der Waals surface area contributed by atoms with Crippen LogP contribution in [0.2, 0.25) is 5.02 Å². The van der Waals surface area contributed by atoms with E-state index in [9.17, 15) is 14.4 Å². The first-order chi connectivity index (χ1) is 13.4. The summed E-state index contributed by atoms with van der Waals surface area (Å²) in [6, 6.07) is 5.35. The number of rotatable bonds is 6. The predicted molar refractivity (Wildman–Crippen MR) is 110 cm³/mol. The Morgan fingerprint density at radius 1 is 1.29 bits per heavy atom. The van der Waals surface area contributed by atoms with Crippen LogP contribution in [-0.2, 0) is 20.8 Å². The molecule has 0 radical (unpaired) electrons. The van der Waals surface area contributed by atoms with Gasteiger partial charge in [0, 0.05) is 34.8 Å². The van der Waals surface area contributed by atoms with E-state index in [0.717, 1.165) is 5.56 Å². The fourth-order valence-electron chi connectivity index (χ4n) is 2.39. The van der Waals surface area contributed by atoms with Crippen LogP contribution in [0.4, 0.5) is 10.8 Å². The van der Waals surface area contributed by atoms with Gasteiger partial charge in [0.25, 0.3) is 5.91 Å². The lowest BCUT2D eigenvalue weighted by molar-refractivity contribution is -0.117. The summed E-state index contributed by atoms with van der Waals surface area (Å²) in [5.74, 6) is -1.45. The number of hydrogen-bond donors (Lipinski definition) is 2. The van der Waals surface area contributed by atoms with Gasteiger partial charge in [0.05, 0.1) is 11.6 Å². The van der Waals surface area contributed by atoms with Crippen molar-refractivity contribution in [3.63, 3.8) is 0 Å². The Labute approximate surface area is 170 Å². The van der Waals surface area contributed by atoms with E-state index in [1.165, 1.54) is 29.7 Å². The van der Waals surface area contributed by atoms with E-state index < -0.39 is 5.92 Å². The third kappa shape index (κ3) is 5.34. The molecule has 1 aromatic carbocycles. The highest BCUT2D eigenvalue weighted by molar-refractivity contribution is 7.13. The van der Waals surface area contributed by atoms with E-state index in [1.54, 1.807) is 17.5 Å². The van der Waals surface area contributed by atoms with Crippen molar-refractivity contribution in [1.82, 2.24) is 4.98 Å². The standard InChI is InChI=1S/C19H17ClN4O3S/c1-11-2-4-13(8-15(11)20)22-17(26)7-5-14-10-28-19(23-14)24-18(27)12-3-6-16(25)21-9-12/h2-4,6,8-10,12H,5,7H2,1H3,(H,22,26)(H,23,24,27). The first-order valence-corrected chi connectivity index (χ1v) is 9.74. The number of nitrogens with one attached hydrogen (secondary N) is 2. The average Bonchev–Trinajstić information content (AvgIpc) is 3.11. The van der Waals surface area contributed by atoms with Crippen LogP contribution in [0.5, 0.6) is 0 Å². The van der Waals surface area contributed by atoms with Crippen molar-refractivity contribution in [2.45, 2.75) is 19.8 Å². The van der Waals surface area contributed by atoms with E-state index in [-0.39, 0.29) is 24.1 Å². The van der Waals surface area contributed by atoms with Crippen molar-refractivity contribution in [3.8, 4) is 0 Å². The average molecular weight is 417 g/mol. The highest BCUT2D eigenvalue weighted by atomic mass is 35.5. The molecule has 28 heavy (non-hydrogen) atoms. The second-order valence-corrected chi connectivity index (χ2v) is 7.41. The lowest BCUT2D eigenvalue weighted by Gasteiger charge is -2.08. The van der Waals surface area contributed by atoms with Gasteiger partial charge in [-0.15, -0.1) is 11.3 Å². The minimum Gasteiger partial charge on any atom is -0.326 e. The second kappa shape index (κ2) is 8.90. The number of thiazole rings is 1. The molecule has 0 saturated carbocycles. The van der Waals surface area contributed by atoms with Gasteiger partial charge < -0.3 is 10.6 Å². The van der Waals surface area contributed by atoms with Crippen LogP contribution < -0.4 is 10.6 Å². The lowest BCUT2D eigenvalue weighted by Crippen LogP contribution is -2.24. The number of carbonyl (C=O) groups is 3. The first-order valence-electron chi connectivity index (χ1n) is 8.48. The molecule has 1 aliphatic rings. The molecule has 2 N–H and O–H groups in total. The minimum atomic E-state index is -0.600. The zero-order valence-corrected chi connectivity index (χ0v) is 16.5. The number of halogens is 1. The Balaban J connectivity index is 1.49. The number of carbonyl (C=O) groups excluding carboxylic acids is 3. The van der Waals surface area contributed by atoms with Crippen LogP contribution in [0.25, 0.3) is 0 Å². The van der Waals surface area contributed by atoms with Crippen LogP contribution in [0.1, 0.15) is 17.7 Å². The SMILES string of the molecule is Cc1ccc(NC(=O)CCc2csc(NC(=O)C3C=CC(=O)N=C3)n2)cc1Cl. The van der Waals surface area contributed by atoms with Gasteiger partial charge in [-0.25, -0.2) is 9.98 Å². The molecule has 0 bridgehead atoms. The van der Waals surface area contributed by atoms with Gasteiger partial charge >= 0.3 is 0 Å². The topological polar surface area (TPSA) is 101 Å². The maximum atomic E-state index is 12.1. The number of aryl methyl sites for hydroxylation is 2. The molecular weight excluding hydrogens is 400 g/mol. The largest absolute Gasteiger partial charge is 0.326 e. The summed E-state index contributed by atoms with van der Waals surface area (Å²) in [4.78, 5) is 43.1. The second-order valence-electron chi connectivity index (χ2n) is 6.15. The Morgan fingerprint density at radius 3 is 2.82 bits per heavy atom. The number of hydrogen-bond acceptors (Lipinski definition) is 5. The number of dihydropyridines is 1. The smallest absolute Gasteiger partial charge is 0.269 e. The summed E-state index contributed by atoms with van der Waals surface area (Å²) < 4.78 is 0. The number of aromatic nitrogens is 1. The van der Waals surface area contributed by atoms with E-state index in [4.69, 9.17) is 11.6 Å². The molecule has 7 nitrogen and oxygen atoms in total. The molecule has 0 aliphatic carbocycles. The van der Waals surface area contributed by atoms with E-state index in [1.807, 2.05) is 13.0 Å². The van der Waals surface area contributed by atoms with Gasteiger partial charge in [-0.3, -0.25) is 14.4 Å². The number of amides is 3. The lowest BCUT2D eigenvalue weighted by atomic mass is 10.1. The molecule has 1 aliphatic heterocycles. The molecule has 2 heterocycles. The zero-order valence-electron chi connectivity index (χ0n) is 14.9. The quantitative estimate of drug-likeness (QED) is 0.753. The minimum absolute atomic E-state index is 0.147. The Kier molecular flexibility index (Phi) is 6.33. The van der Waals surface area contributed by atoms with Crippen LogP contribution in [0.3, 0.4) is 0 Å².